The van der Waals surface area contributed by atoms with Crippen molar-refractivity contribution < 1.29 is 9.53 Å². The monoisotopic (exact) mass is 277 g/mol. The number of ether oxygens (including phenoxy) is 1. The minimum absolute atomic E-state index is 0.324. The third-order valence-electron chi connectivity index (χ3n) is 3.66. The molecular formula is C15H23N3O2. The number of nitrogen functional groups attached to an aromatic ring is 1. The van der Waals surface area contributed by atoms with Crippen LogP contribution >= 0.6 is 0 Å². The summed E-state index contributed by atoms with van der Waals surface area (Å²) in [7, 11) is 2.12. The first kappa shape index (κ1) is 14.7. The van der Waals surface area contributed by atoms with Crippen molar-refractivity contribution in [3.63, 3.8) is 0 Å². The van der Waals surface area contributed by atoms with E-state index in [1.807, 2.05) is 0 Å². The van der Waals surface area contributed by atoms with E-state index >= 15 is 0 Å². The first-order chi connectivity index (χ1) is 9.61. The normalized spacial score (nSPS) is 16.9. The van der Waals surface area contributed by atoms with Gasteiger partial charge >= 0.3 is 5.97 Å². The number of hydrogen-bond donors (Lipinski definition) is 2. The van der Waals surface area contributed by atoms with Gasteiger partial charge in [-0.1, -0.05) is 6.07 Å². The summed E-state index contributed by atoms with van der Waals surface area (Å²) in [5.74, 6) is -0.324. The average Bonchev–Trinajstić information content (AvgIpc) is 2.43. The zero-order valence-electron chi connectivity index (χ0n) is 12.2. The van der Waals surface area contributed by atoms with Crippen molar-refractivity contribution in [3.05, 3.63) is 23.8 Å². The molecule has 1 aliphatic heterocycles. The molecule has 1 heterocycles. The van der Waals surface area contributed by atoms with Gasteiger partial charge in [-0.25, -0.2) is 4.79 Å². The molecular weight excluding hydrogens is 254 g/mol. The first-order valence-electron chi connectivity index (χ1n) is 7.12. The van der Waals surface area contributed by atoms with Crippen LogP contribution in [0.15, 0.2) is 18.2 Å². The van der Waals surface area contributed by atoms with Gasteiger partial charge < -0.3 is 20.7 Å². The van der Waals surface area contributed by atoms with Crippen LogP contribution in [-0.4, -0.2) is 43.7 Å². The maximum Gasteiger partial charge on any atom is 0.340 e. The average molecular weight is 277 g/mol. The number of piperidine rings is 1. The van der Waals surface area contributed by atoms with Crippen LogP contribution < -0.4 is 11.1 Å². The highest BCUT2D eigenvalue weighted by atomic mass is 16.5. The quantitative estimate of drug-likeness (QED) is 0.650. The van der Waals surface area contributed by atoms with Gasteiger partial charge in [0.05, 0.1) is 23.5 Å². The van der Waals surface area contributed by atoms with Crippen molar-refractivity contribution >= 4 is 17.3 Å². The molecule has 1 fully saturated rings. The summed E-state index contributed by atoms with van der Waals surface area (Å²) < 4.78 is 5.09. The van der Waals surface area contributed by atoms with Gasteiger partial charge in [0.15, 0.2) is 0 Å². The van der Waals surface area contributed by atoms with Gasteiger partial charge in [0.25, 0.3) is 0 Å². The van der Waals surface area contributed by atoms with Gasteiger partial charge in [-0.15, -0.1) is 0 Å². The second-order valence-corrected chi connectivity index (χ2v) is 5.21. The lowest BCUT2D eigenvalue weighted by atomic mass is 10.0. The van der Waals surface area contributed by atoms with E-state index in [1.165, 1.54) is 0 Å². The molecule has 1 aliphatic rings. The van der Waals surface area contributed by atoms with Gasteiger partial charge in [-0.3, -0.25) is 0 Å². The fourth-order valence-corrected chi connectivity index (χ4v) is 2.47. The number of anilines is 2. The predicted octanol–water partition coefficient (Wildman–Crippen LogP) is 1.95. The molecule has 20 heavy (non-hydrogen) atoms. The summed E-state index contributed by atoms with van der Waals surface area (Å²) in [6.45, 7) is 4.27. The summed E-state index contributed by atoms with van der Waals surface area (Å²) in [4.78, 5) is 14.3. The number of carbonyl (C=O) groups excluding carboxylic acids is 1. The smallest absolute Gasteiger partial charge is 0.340 e. The molecule has 110 valence electrons. The Bertz CT molecular complexity index is 468. The van der Waals surface area contributed by atoms with E-state index in [1.54, 1.807) is 25.1 Å². The molecule has 1 aromatic carbocycles. The molecule has 5 nitrogen and oxygen atoms in total. The molecule has 0 saturated carbocycles. The molecule has 3 N–H and O–H groups in total. The third-order valence-corrected chi connectivity index (χ3v) is 3.66. The highest BCUT2D eigenvalue weighted by Crippen LogP contribution is 2.27. The lowest BCUT2D eigenvalue weighted by Crippen LogP contribution is -2.37. The largest absolute Gasteiger partial charge is 0.462 e. The van der Waals surface area contributed by atoms with Gasteiger partial charge in [0.1, 0.15) is 0 Å². The van der Waals surface area contributed by atoms with Crippen molar-refractivity contribution in [1.82, 2.24) is 4.90 Å². The molecule has 0 radical (unpaired) electrons. The molecule has 5 heteroatoms. The number of esters is 1. The van der Waals surface area contributed by atoms with E-state index in [9.17, 15) is 4.79 Å². The summed E-state index contributed by atoms with van der Waals surface area (Å²) in [6.07, 6.45) is 2.10. The molecule has 1 aromatic rings. The van der Waals surface area contributed by atoms with Crippen molar-refractivity contribution in [1.29, 1.82) is 0 Å². The number of rotatable bonds is 4. The fraction of sp³-hybridized carbons (Fsp3) is 0.533. The standard InChI is InChI=1S/C15H23N3O2/c1-3-20-15(19)12-5-4-6-13(16)14(12)17-11-7-9-18(2)10-8-11/h4-6,11,17H,3,7-10,16H2,1-2H3. The number of nitrogens with two attached hydrogens (primary N) is 1. The molecule has 0 amide bonds. The van der Waals surface area contributed by atoms with Crippen LogP contribution in [0.4, 0.5) is 11.4 Å². The molecule has 0 bridgehead atoms. The highest BCUT2D eigenvalue weighted by Gasteiger charge is 2.21. The fourth-order valence-electron chi connectivity index (χ4n) is 2.47. The zero-order chi connectivity index (χ0) is 14.5. The Morgan fingerprint density at radius 3 is 2.80 bits per heavy atom. The number of hydrogen-bond acceptors (Lipinski definition) is 5. The van der Waals surface area contributed by atoms with Crippen LogP contribution in [0.2, 0.25) is 0 Å². The molecule has 2 rings (SSSR count). The Morgan fingerprint density at radius 2 is 2.15 bits per heavy atom. The van der Waals surface area contributed by atoms with Crippen LogP contribution in [-0.2, 0) is 4.74 Å². The summed E-state index contributed by atoms with van der Waals surface area (Å²) >= 11 is 0. The number of nitrogens with zero attached hydrogens (tertiary/aromatic N) is 1. The molecule has 1 saturated heterocycles. The van der Waals surface area contributed by atoms with Gasteiger partial charge in [0.2, 0.25) is 0 Å². The second-order valence-electron chi connectivity index (χ2n) is 5.21. The molecule has 0 atom stereocenters. The zero-order valence-corrected chi connectivity index (χ0v) is 12.2. The second kappa shape index (κ2) is 6.61. The van der Waals surface area contributed by atoms with Gasteiger partial charge in [-0.2, -0.15) is 0 Å². The summed E-state index contributed by atoms with van der Waals surface area (Å²) in [5, 5.41) is 3.43. The maximum absolute atomic E-state index is 12.0. The number of carbonyl (C=O) groups is 1. The van der Waals surface area contributed by atoms with Crippen molar-refractivity contribution in [3.8, 4) is 0 Å². The minimum Gasteiger partial charge on any atom is -0.462 e. The lowest BCUT2D eigenvalue weighted by molar-refractivity contribution is 0.0527. The van der Waals surface area contributed by atoms with Crippen LogP contribution in [0, 0.1) is 0 Å². The summed E-state index contributed by atoms with van der Waals surface area (Å²) in [5.41, 5.74) is 7.84. The summed E-state index contributed by atoms with van der Waals surface area (Å²) in [6, 6.07) is 5.69. The Kier molecular flexibility index (Phi) is 4.84. The van der Waals surface area contributed by atoms with E-state index in [4.69, 9.17) is 10.5 Å². The van der Waals surface area contributed by atoms with Crippen LogP contribution in [0.5, 0.6) is 0 Å². The lowest BCUT2D eigenvalue weighted by Gasteiger charge is -2.31. The number of nitrogens with one attached hydrogen (secondary N) is 1. The number of para-hydroxylation sites is 1. The van der Waals surface area contributed by atoms with Gasteiger partial charge in [0, 0.05) is 6.04 Å². The SMILES string of the molecule is CCOC(=O)c1cccc(N)c1NC1CCN(C)CC1. The van der Waals surface area contributed by atoms with E-state index in [2.05, 4.69) is 17.3 Å². The van der Waals surface area contributed by atoms with Crippen molar-refractivity contribution in [2.75, 3.05) is 37.8 Å². The van der Waals surface area contributed by atoms with Crippen molar-refractivity contribution in [2.45, 2.75) is 25.8 Å². The van der Waals surface area contributed by atoms with E-state index in [-0.39, 0.29) is 5.97 Å². The maximum atomic E-state index is 12.0. The van der Waals surface area contributed by atoms with Crippen LogP contribution in [0.25, 0.3) is 0 Å². The van der Waals surface area contributed by atoms with E-state index in [0.717, 1.165) is 25.9 Å². The Balaban J connectivity index is 2.15. The Labute approximate surface area is 120 Å². The first-order valence-corrected chi connectivity index (χ1v) is 7.12. The topological polar surface area (TPSA) is 67.6 Å². The molecule has 0 aliphatic carbocycles. The van der Waals surface area contributed by atoms with E-state index < -0.39 is 0 Å². The highest BCUT2D eigenvalue weighted by molar-refractivity contribution is 5.98. The third kappa shape index (κ3) is 3.42. The van der Waals surface area contributed by atoms with Crippen LogP contribution in [0.3, 0.4) is 0 Å². The van der Waals surface area contributed by atoms with Gasteiger partial charge in [-0.05, 0) is 52.0 Å². The Hall–Kier alpha value is -1.75. The van der Waals surface area contributed by atoms with Crippen LogP contribution in [0.1, 0.15) is 30.1 Å². The molecule has 0 unspecified atom stereocenters. The number of likely N-dealkylation sites (tertiary alicyclic amines) is 1. The number of benzene rings is 1. The molecule has 0 spiro atoms. The Morgan fingerprint density at radius 1 is 1.45 bits per heavy atom. The van der Waals surface area contributed by atoms with E-state index in [0.29, 0.717) is 29.6 Å². The molecule has 0 aromatic heterocycles. The minimum atomic E-state index is -0.324. The predicted molar refractivity (Wildman–Crippen MR) is 81.0 cm³/mol. The van der Waals surface area contributed by atoms with Crippen molar-refractivity contribution in [2.24, 2.45) is 0 Å².